The van der Waals surface area contributed by atoms with Crippen molar-refractivity contribution in [2.45, 2.75) is 38.2 Å². The van der Waals surface area contributed by atoms with Crippen molar-refractivity contribution in [2.75, 3.05) is 13.2 Å². The zero-order valence-corrected chi connectivity index (χ0v) is 10.9. The third-order valence-electron chi connectivity index (χ3n) is 3.60. The lowest BCUT2D eigenvalue weighted by Gasteiger charge is -2.31. The average molecular weight is 252 g/mol. The predicted molar refractivity (Wildman–Crippen MR) is 68.9 cm³/mol. The van der Waals surface area contributed by atoms with Gasteiger partial charge in [0, 0.05) is 19.6 Å². The number of halogens is 1. The van der Waals surface area contributed by atoms with E-state index in [1.807, 2.05) is 6.07 Å². The first-order valence-electron chi connectivity index (χ1n) is 6.60. The molecule has 1 saturated heterocycles. The number of hydrogen-bond donors (Lipinski definition) is 1. The summed E-state index contributed by atoms with van der Waals surface area (Å²) in [6.07, 6.45) is 3.07. The molecule has 2 nitrogen and oxygen atoms in total. The predicted octanol–water partition coefficient (Wildman–Crippen LogP) is 2.94. The fourth-order valence-electron chi connectivity index (χ4n) is 2.70. The largest absolute Gasteiger partial charge is 0.390 e. The zero-order chi connectivity index (χ0) is 13.0. The van der Waals surface area contributed by atoms with E-state index in [1.54, 1.807) is 19.1 Å². The Morgan fingerprint density at radius 1 is 1.33 bits per heavy atom. The quantitative estimate of drug-likeness (QED) is 0.892. The molecule has 2 rings (SSSR count). The number of benzene rings is 1. The van der Waals surface area contributed by atoms with Crippen molar-refractivity contribution in [1.29, 1.82) is 0 Å². The Labute approximate surface area is 108 Å². The van der Waals surface area contributed by atoms with Gasteiger partial charge in [-0.1, -0.05) is 18.2 Å². The van der Waals surface area contributed by atoms with Crippen LogP contribution in [0.1, 0.15) is 31.7 Å². The summed E-state index contributed by atoms with van der Waals surface area (Å²) in [5, 5.41) is 10.4. The molecular formula is C15H21FO2. The van der Waals surface area contributed by atoms with Gasteiger partial charge in [0.05, 0.1) is 5.60 Å². The van der Waals surface area contributed by atoms with Gasteiger partial charge in [-0.05, 0) is 43.7 Å². The summed E-state index contributed by atoms with van der Waals surface area (Å²) in [4.78, 5) is 0. The lowest BCUT2D eigenvalue weighted by atomic mass is 9.83. The van der Waals surface area contributed by atoms with Gasteiger partial charge in [0.2, 0.25) is 0 Å². The lowest BCUT2D eigenvalue weighted by molar-refractivity contribution is -0.0000801. The lowest BCUT2D eigenvalue weighted by Crippen LogP contribution is -2.32. The van der Waals surface area contributed by atoms with Gasteiger partial charge < -0.3 is 9.84 Å². The number of aliphatic hydroxyl groups is 1. The van der Waals surface area contributed by atoms with Crippen molar-refractivity contribution in [3.05, 3.63) is 35.6 Å². The number of hydrogen-bond acceptors (Lipinski definition) is 2. The zero-order valence-electron chi connectivity index (χ0n) is 10.9. The summed E-state index contributed by atoms with van der Waals surface area (Å²) in [6, 6.07) is 6.67. The molecule has 1 fully saturated rings. The van der Waals surface area contributed by atoms with Crippen LogP contribution in [0.5, 0.6) is 0 Å². The van der Waals surface area contributed by atoms with Crippen LogP contribution in [-0.2, 0) is 11.2 Å². The summed E-state index contributed by atoms with van der Waals surface area (Å²) >= 11 is 0. The molecule has 18 heavy (non-hydrogen) atoms. The van der Waals surface area contributed by atoms with Crippen molar-refractivity contribution in [1.82, 2.24) is 0 Å². The molecule has 0 aliphatic carbocycles. The van der Waals surface area contributed by atoms with E-state index in [-0.39, 0.29) is 5.82 Å². The van der Waals surface area contributed by atoms with Crippen LogP contribution in [0.2, 0.25) is 0 Å². The fourth-order valence-corrected chi connectivity index (χ4v) is 2.70. The molecule has 1 heterocycles. The van der Waals surface area contributed by atoms with E-state index in [9.17, 15) is 9.50 Å². The topological polar surface area (TPSA) is 29.5 Å². The molecular weight excluding hydrogens is 231 g/mol. The van der Waals surface area contributed by atoms with Crippen LogP contribution in [-0.4, -0.2) is 23.9 Å². The Kier molecular flexibility index (Phi) is 4.36. The van der Waals surface area contributed by atoms with Gasteiger partial charge in [-0.2, -0.15) is 0 Å². The first-order chi connectivity index (χ1) is 8.57. The normalized spacial score (nSPS) is 20.6. The van der Waals surface area contributed by atoms with E-state index in [1.165, 1.54) is 6.07 Å². The monoisotopic (exact) mass is 252 g/mol. The maximum atomic E-state index is 13.6. The highest BCUT2D eigenvalue weighted by atomic mass is 19.1. The molecule has 100 valence electrons. The van der Waals surface area contributed by atoms with Crippen molar-refractivity contribution < 1.29 is 14.2 Å². The summed E-state index contributed by atoms with van der Waals surface area (Å²) < 4.78 is 18.9. The number of rotatable bonds is 4. The number of ether oxygens (including phenoxy) is 1. The minimum Gasteiger partial charge on any atom is -0.390 e. The minimum absolute atomic E-state index is 0.232. The van der Waals surface area contributed by atoms with Crippen molar-refractivity contribution in [3.63, 3.8) is 0 Å². The van der Waals surface area contributed by atoms with Gasteiger partial charge >= 0.3 is 0 Å². The van der Waals surface area contributed by atoms with Crippen LogP contribution < -0.4 is 0 Å². The highest BCUT2D eigenvalue weighted by Gasteiger charge is 2.27. The first kappa shape index (κ1) is 13.5. The van der Waals surface area contributed by atoms with E-state index in [2.05, 4.69) is 0 Å². The van der Waals surface area contributed by atoms with Crippen molar-refractivity contribution in [2.24, 2.45) is 5.92 Å². The van der Waals surface area contributed by atoms with Crippen molar-refractivity contribution >= 4 is 0 Å². The molecule has 0 radical (unpaired) electrons. The highest BCUT2D eigenvalue weighted by Crippen LogP contribution is 2.28. The van der Waals surface area contributed by atoms with E-state index >= 15 is 0 Å². The second-order valence-corrected chi connectivity index (χ2v) is 5.52. The second-order valence-electron chi connectivity index (χ2n) is 5.52. The molecule has 1 N–H and O–H groups in total. The van der Waals surface area contributed by atoms with Crippen LogP contribution in [0, 0.1) is 11.7 Å². The van der Waals surface area contributed by atoms with Gasteiger partial charge in [0.15, 0.2) is 0 Å². The van der Waals surface area contributed by atoms with E-state index in [4.69, 9.17) is 4.74 Å². The Hall–Kier alpha value is -0.930. The minimum atomic E-state index is -0.843. The molecule has 3 heteroatoms. The standard InChI is InChI=1S/C15H21FO2/c1-15(17,10-12-6-8-18-9-7-12)11-13-4-2-3-5-14(13)16/h2-5,12,17H,6-11H2,1H3. The Balaban J connectivity index is 1.96. The molecule has 1 atom stereocenters. The van der Waals surface area contributed by atoms with E-state index in [0.29, 0.717) is 24.3 Å². The SMILES string of the molecule is CC(O)(Cc1ccccc1F)CC1CCOCC1. The molecule has 0 spiro atoms. The Morgan fingerprint density at radius 2 is 2.00 bits per heavy atom. The molecule has 0 aromatic heterocycles. The Bertz CT molecular complexity index is 384. The summed E-state index contributed by atoms with van der Waals surface area (Å²) in [6.45, 7) is 3.36. The van der Waals surface area contributed by atoms with Crippen LogP contribution in [0.4, 0.5) is 4.39 Å². The van der Waals surface area contributed by atoms with Crippen molar-refractivity contribution in [3.8, 4) is 0 Å². The molecule has 0 bridgehead atoms. The van der Waals surface area contributed by atoms with Crippen LogP contribution in [0.3, 0.4) is 0 Å². The van der Waals surface area contributed by atoms with Gasteiger partial charge in [-0.15, -0.1) is 0 Å². The van der Waals surface area contributed by atoms with Gasteiger partial charge in [0.25, 0.3) is 0 Å². The first-order valence-corrected chi connectivity index (χ1v) is 6.60. The van der Waals surface area contributed by atoms with Gasteiger partial charge in [-0.3, -0.25) is 0 Å². The van der Waals surface area contributed by atoms with E-state index < -0.39 is 5.60 Å². The Morgan fingerprint density at radius 3 is 2.67 bits per heavy atom. The molecule has 1 aromatic carbocycles. The van der Waals surface area contributed by atoms with E-state index in [0.717, 1.165) is 26.1 Å². The summed E-state index contributed by atoms with van der Waals surface area (Å²) in [7, 11) is 0. The molecule has 1 aliphatic heterocycles. The maximum Gasteiger partial charge on any atom is 0.126 e. The second kappa shape index (κ2) is 5.81. The summed E-state index contributed by atoms with van der Waals surface area (Å²) in [5.74, 6) is 0.255. The molecule has 1 unspecified atom stereocenters. The third-order valence-corrected chi connectivity index (χ3v) is 3.60. The molecule has 1 aliphatic rings. The van der Waals surface area contributed by atoms with Gasteiger partial charge in [-0.25, -0.2) is 4.39 Å². The van der Waals surface area contributed by atoms with Crippen LogP contribution in [0.15, 0.2) is 24.3 Å². The third kappa shape index (κ3) is 3.79. The van der Waals surface area contributed by atoms with Gasteiger partial charge in [0.1, 0.15) is 5.82 Å². The molecule has 0 amide bonds. The molecule has 0 saturated carbocycles. The fraction of sp³-hybridized carbons (Fsp3) is 0.600. The molecule has 1 aromatic rings. The average Bonchev–Trinajstić information content (AvgIpc) is 2.32. The summed E-state index contributed by atoms with van der Waals surface area (Å²) in [5.41, 5.74) is -0.251. The maximum absolute atomic E-state index is 13.6. The highest BCUT2D eigenvalue weighted by molar-refractivity contribution is 5.19. The van der Waals surface area contributed by atoms with Crippen LogP contribution in [0.25, 0.3) is 0 Å². The smallest absolute Gasteiger partial charge is 0.126 e. The van der Waals surface area contributed by atoms with Crippen LogP contribution >= 0.6 is 0 Å².